The molecule has 0 atom stereocenters. The van der Waals surface area contributed by atoms with Crippen LogP contribution in [0, 0.1) is 13.8 Å². The van der Waals surface area contributed by atoms with E-state index in [0.717, 1.165) is 11.1 Å². The lowest BCUT2D eigenvalue weighted by molar-refractivity contribution is -0.146. The zero-order chi connectivity index (χ0) is 19.6. The van der Waals surface area contributed by atoms with E-state index in [1.54, 1.807) is 18.2 Å². The molecule has 2 aromatic carbocycles. The molecule has 5 nitrogen and oxygen atoms in total. The van der Waals surface area contributed by atoms with Gasteiger partial charge in [0, 0.05) is 11.4 Å². The van der Waals surface area contributed by atoms with Crippen LogP contribution in [0.25, 0.3) is 0 Å². The number of hydrogen-bond donors (Lipinski definition) is 1. The third-order valence-electron chi connectivity index (χ3n) is 3.93. The molecule has 144 valence electrons. The van der Waals surface area contributed by atoms with Gasteiger partial charge in [-0.2, -0.15) is 0 Å². The van der Waals surface area contributed by atoms with Crippen molar-refractivity contribution in [2.24, 2.45) is 0 Å². The van der Waals surface area contributed by atoms with Crippen LogP contribution < -0.4 is 10.1 Å². The third kappa shape index (κ3) is 7.71. The van der Waals surface area contributed by atoms with Crippen molar-refractivity contribution in [3.63, 3.8) is 0 Å². The van der Waals surface area contributed by atoms with Gasteiger partial charge in [0.15, 0.2) is 6.61 Å². The Morgan fingerprint density at radius 1 is 1.07 bits per heavy atom. The van der Waals surface area contributed by atoms with Crippen molar-refractivity contribution in [3.05, 3.63) is 64.2 Å². The molecule has 0 saturated heterocycles. The summed E-state index contributed by atoms with van der Waals surface area (Å²) in [6.45, 7) is 4.07. The summed E-state index contributed by atoms with van der Waals surface area (Å²) in [5.74, 6) is 0.0266. The second-order valence-electron chi connectivity index (χ2n) is 6.25. The number of carbonyl (C=O) groups excluding carboxylic acids is 2. The lowest BCUT2D eigenvalue weighted by Crippen LogP contribution is -2.29. The molecule has 2 aromatic rings. The smallest absolute Gasteiger partial charge is 0.344 e. The molecule has 0 spiro atoms. The van der Waals surface area contributed by atoms with Crippen molar-refractivity contribution >= 4 is 23.5 Å². The first-order chi connectivity index (χ1) is 12.9. The Morgan fingerprint density at radius 3 is 2.52 bits per heavy atom. The number of halogens is 1. The minimum absolute atomic E-state index is 0.0698. The topological polar surface area (TPSA) is 64.6 Å². The molecule has 1 amide bonds. The predicted octanol–water partition coefficient (Wildman–Crippen LogP) is 3.63. The normalized spacial score (nSPS) is 10.3. The average molecular weight is 390 g/mol. The van der Waals surface area contributed by atoms with Gasteiger partial charge < -0.3 is 14.8 Å². The first kappa shape index (κ1) is 20.8. The van der Waals surface area contributed by atoms with Crippen molar-refractivity contribution in [3.8, 4) is 5.75 Å². The third-order valence-corrected chi connectivity index (χ3v) is 4.17. The predicted molar refractivity (Wildman–Crippen MR) is 105 cm³/mol. The van der Waals surface area contributed by atoms with Crippen molar-refractivity contribution in [1.29, 1.82) is 0 Å². The van der Waals surface area contributed by atoms with Gasteiger partial charge in [0.1, 0.15) is 12.4 Å². The summed E-state index contributed by atoms with van der Waals surface area (Å²) >= 11 is 5.87. The summed E-state index contributed by atoms with van der Waals surface area (Å²) in [4.78, 5) is 23.5. The monoisotopic (exact) mass is 389 g/mol. The van der Waals surface area contributed by atoms with E-state index in [1.165, 1.54) is 5.56 Å². The van der Waals surface area contributed by atoms with Gasteiger partial charge >= 0.3 is 5.97 Å². The lowest BCUT2D eigenvalue weighted by atomic mass is 10.1. The van der Waals surface area contributed by atoms with E-state index in [1.807, 2.05) is 38.1 Å². The van der Waals surface area contributed by atoms with Gasteiger partial charge in [-0.15, -0.1) is 0 Å². The van der Waals surface area contributed by atoms with Crippen LogP contribution in [0.5, 0.6) is 5.75 Å². The van der Waals surface area contributed by atoms with E-state index < -0.39 is 5.97 Å². The van der Waals surface area contributed by atoms with Crippen molar-refractivity contribution in [2.45, 2.75) is 26.7 Å². The Labute approximate surface area is 164 Å². The Bertz CT molecular complexity index is 774. The summed E-state index contributed by atoms with van der Waals surface area (Å²) in [7, 11) is 0. The molecule has 6 heteroatoms. The molecule has 0 fully saturated rings. The molecule has 1 N–H and O–H groups in total. The number of benzene rings is 2. The Balaban J connectivity index is 1.58. The fourth-order valence-electron chi connectivity index (χ4n) is 2.41. The van der Waals surface area contributed by atoms with Gasteiger partial charge in [-0.25, -0.2) is 4.79 Å². The maximum Gasteiger partial charge on any atom is 0.344 e. The summed E-state index contributed by atoms with van der Waals surface area (Å²) in [5, 5.41) is 3.35. The molecule has 2 rings (SSSR count). The fourth-order valence-corrected chi connectivity index (χ4v) is 2.64. The van der Waals surface area contributed by atoms with Crippen LogP contribution >= 0.6 is 11.6 Å². The molecule has 0 bridgehead atoms. The molecule has 0 aliphatic carbocycles. The van der Waals surface area contributed by atoms with Crippen LogP contribution in [-0.2, 0) is 20.7 Å². The number of rotatable bonds is 9. The first-order valence-electron chi connectivity index (χ1n) is 8.81. The Kier molecular flexibility index (Phi) is 8.14. The zero-order valence-corrected chi connectivity index (χ0v) is 16.3. The maximum absolute atomic E-state index is 11.8. The molecule has 0 radical (unpaired) electrons. The SMILES string of the molecule is Cc1ccc(CCC(=O)NCCOC(=O)COc2ccc(Cl)cc2C)cc1. The van der Waals surface area contributed by atoms with Crippen LogP contribution in [0.1, 0.15) is 23.1 Å². The van der Waals surface area contributed by atoms with Gasteiger partial charge in [-0.05, 0) is 49.6 Å². The molecule has 0 aromatic heterocycles. The maximum atomic E-state index is 11.8. The average Bonchev–Trinajstić information content (AvgIpc) is 2.64. The molecular formula is C21H24ClNO4. The molecule has 0 aliphatic rings. The Hall–Kier alpha value is -2.53. The standard InChI is InChI=1S/C21H24ClNO4/c1-15-3-5-17(6-4-15)7-10-20(24)23-11-12-26-21(25)14-27-19-9-8-18(22)13-16(19)2/h3-6,8-9,13H,7,10-12,14H2,1-2H3,(H,23,24). The minimum atomic E-state index is -0.488. The number of nitrogens with one attached hydrogen (secondary N) is 1. The van der Waals surface area contributed by atoms with Gasteiger partial charge in [-0.3, -0.25) is 4.79 Å². The van der Waals surface area contributed by atoms with E-state index >= 15 is 0 Å². The summed E-state index contributed by atoms with van der Waals surface area (Å²) < 4.78 is 10.5. The lowest BCUT2D eigenvalue weighted by Gasteiger charge is -2.10. The molecule has 0 saturated carbocycles. The largest absolute Gasteiger partial charge is 0.482 e. The van der Waals surface area contributed by atoms with Gasteiger partial charge in [0.2, 0.25) is 5.91 Å². The van der Waals surface area contributed by atoms with Crippen LogP contribution in [0.4, 0.5) is 0 Å². The highest BCUT2D eigenvalue weighted by molar-refractivity contribution is 6.30. The number of aryl methyl sites for hydroxylation is 3. The fraction of sp³-hybridized carbons (Fsp3) is 0.333. The van der Waals surface area contributed by atoms with Crippen molar-refractivity contribution in [1.82, 2.24) is 5.32 Å². The second kappa shape index (κ2) is 10.6. The second-order valence-corrected chi connectivity index (χ2v) is 6.69. The molecule has 0 unspecified atom stereocenters. The van der Waals surface area contributed by atoms with Crippen LogP contribution in [0.3, 0.4) is 0 Å². The van der Waals surface area contributed by atoms with Crippen molar-refractivity contribution < 1.29 is 19.1 Å². The van der Waals surface area contributed by atoms with Crippen LogP contribution in [-0.4, -0.2) is 31.6 Å². The van der Waals surface area contributed by atoms with Crippen LogP contribution in [0.2, 0.25) is 5.02 Å². The molecular weight excluding hydrogens is 366 g/mol. The summed E-state index contributed by atoms with van der Waals surface area (Å²) in [5.41, 5.74) is 3.16. The number of ether oxygens (including phenoxy) is 2. The molecule has 27 heavy (non-hydrogen) atoms. The quantitative estimate of drug-likeness (QED) is 0.525. The number of carbonyl (C=O) groups is 2. The van der Waals surface area contributed by atoms with Crippen LogP contribution in [0.15, 0.2) is 42.5 Å². The van der Waals surface area contributed by atoms with E-state index in [0.29, 0.717) is 23.6 Å². The highest BCUT2D eigenvalue weighted by Crippen LogP contribution is 2.21. The van der Waals surface area contributed by atoms with E-state index in [-0.39, 0.29) is 25.7 Å². The van der Waals surface area contributed by atoms with E-state index in [2.05, 4.69) is 5.32 Å². The van der Waals surface area contributed by atoms with Gasteiger partial charge in [-0.1, -0.05) is 41.4 Å². The minimum Gasteiger partial charge on any atom is -0.482 e. The summed E-state index contributed by atoms with van der Waals surface area (Å²) in [6, 6.07) is 13.3. The molecule has 0 aliphatic heterocycles. The zero-order valence-electron chi connectivity index (χ0n) is 15.6. The number of hydrogen-bond acceptors (Lipinski definition) is 4. The van der Waals surface area contributed by atoms with Gasteiger partial charge in [0.25, 0.3) is 0 Å². The van der Waals surface area contributed by atoms with E-state index in [4.69, 9.17) is 21.1 Å². The number of esters is 1. The van der Waals surface area contributed by atoms with E-state index in [9.17, 15) is 9.59 Å². The Morgan fingerprint density at radius 2 is 1.81 bits per heavy atom. The van der Waals surface area contributed by atoms with Gasteiger partial charge in [0.05, 0.1) is 6.54 Å². The number of amides is 1. The highest BCUT2D eigenvalue weighted by atomic mass is 35.5. The highest BCUT2D eigenvalue weighted by Gasteiger charge is 2.07. The van der Waals surface area contributed by atoms with Crippen molar-refractivity contribution in [2.75, 3.05) is 19.8 Å². The molecule has 0 heterocycles. The first-order valence-corrected chi connectivity index (χ1v) is 9.18. The summed E-state index contributed by atoms with van der Waals surface area (Å²) in [6.07, 6.45) is 1.08.